The van der Waals surface area contributed by atoms with Crippen molar-refractivity contribution in [1.29, 1.82) is 0 Å². The van der Waals surface area contributed by atoms with Gasteiger partial charge in [-0.2, -0.15) is 0 Å². The summed E-state index contributed by atoms with van der Waals surface area (Å²) in [4.78, 5) is 43.8. The van der Waals surface area contributed by atoms with Gasteiger partial charge in [-0.15, -0.1) is 11.3 Å². The minimum atomic E-state index is -1.19. The molecule has 0 aliphatic carbocycles. The van der Waals surface area contributed by atoms with Crippen molar-refractivity contribution < 1.29 is 19.5 Å². The zero-order valence-electron chi connectivity index (χ0n) is 16.8. The summed E-state index contributed by atoms with van der Waals surface area (Å²) >= 11 is 1.50. The number of nitrogens with zero attached hydrogens (tertiary/aromatic N) is 2. The van der Waals surface area contributed by atoms with Crippen LogP contribution in [-0.2, 0) is 26.3 Å². The molecular weight excluding hydrogens is 400 g/mol. The lowest BCUT2D eigenvalue weighted by Crippen LogP contribution is -2.49. The molecule has 158 valence electrons. The number of aliphatic hydroxyl groups is 1. The Labute approximate surface area is 180 Å². The molecule has 2 aromatic rings. The first-order valence-electron chi connectivity index (χ1n) is 10.4. The van der Waals surface area contributed by atoms with E-state index in [0.717, 1.165) is 24.1 Å². The van der Waals surface area contributed by atoms with Gasteiger partial charge in [0.05, 0.1) is 24.6 Å². The van der Waals surface area contributed by atoms with Crippen LogP contribution >= 0.6 is 11.3 Å². The number of aliphatic hydroxyl groups excluding tert-OH is 1. The summed E-state index contributed by atoms with van der Waals surface area (Å²) < 4.78 is 0. The molecule has 0 saturated carbocycles. The van der Waals surface area contributed by atoms with E-state index in [-0.39, 0.29) is 49.8 Å². The summed E-state index contributed by atoms with van der Waals surface area (Å²) in [5, 5.41) is 11.6. The monoisotopic (exact) mass is 426 g/mol. The maximum absolute atomic E-state index is 13.6. The minimum absolute atomic E-state index is 0.00933. The molecule has 3 amide bonds. The van der Waals surface area contributed by atoms with Crippen LogP contribution in [0.3, 0.4) is 0 Å². The molecule has 3 heterocycles. The number of carbonyl (C=O) groups excluding carboxylic acids is 3. The van der Waals surface area contributed by atoms with Crippen LogP contribution in [-0.4, -0.2) is 51.8 Å². The van der Waals surface area contributed by atoms with Crippen molar-refractivity contribution in [1.82, 2.24) is 9.80 Å². The predicted molar refractivity (Wildman–Crippen MR) is 114 cm³/mol. The highest BCUT2D eigenvalue weighted by Gasteiger charge is 2.54. The molecule has 30 heavy (non-hydrogen) atoms. The number of likely N-dealkylation sites (tertiary alicyclic amines) is 2. The molecule has 1 aromatic carbocycles. The van der Waals surface area contributed by atoms with Crippen LogP contribution in [0.2, 0.25) is 0 Å². The van der Waals surface area contributed by atoms with Crippen molar-refractivity contribution in [2.45, 2.75) is 50.1 Å². The lowest BCUT2D eigenvalue weighted by molar-refractivity contribution is -0.144. The quantitative estimate of drug-likeness (QED) is 0.721. The Morgan fingerprint density at radius 1 is 1.13 bits per heavy atom. The van der Waals surface area contributed by atoms with E-state index in [1.807, 2.05) is 47.8 Å². The molecule has 6 nitrogen and oxygen atoms in total. The first-order chi connectivity index (χ1) is 14.5. The first kappa shape index (κ1) is 20.8. The second-order valence-corrected chi connectivity index (χ2v) is 9.12. The largest absolute Gasteiger partial charge is 0.394 e. The summed E-state index contributed by atoms with van der Waals surface area (Å²) in [5.74, 6) is -0.725. The molecule has 0 bridgehead atoms. The summed E-state index contributed by atoms with van der Waals surface area (Å²) in [6, 6.07) is 12.8. The van der Waals surface area contributed by atoms with Gasteiger partial charge in [-0.25, -0.2) is 0 Å². The molecule has 2 saturated heterocycles. The third-order valence-electron chi connectivity index (χ3n) is 6.24. The average Bonchev–Trinajstić information content (AvgIpc) is 3.37. The summed E-state index contributed by atoms with van der Waals surface area (Å²) in [6.45, 7) is 0.735. The first-order valence-corrected chi connectivity index (χ1v) is 11.3. The molecule has 0 spiro atoms. The number of hydrogen-bond acceptors (Lipinski definition) is 5. The second kappa shape index (κ2) is 8.70. The molecule has 2 aliphatic rings. The number of piperidine rings is 1. The Morgan fingerprint density at radius 2 is 1.93 bits per heavy atom. The molecule has 0 radical (unpaired) electrons. The van der Waals surface area contributed by atoms with E-state index in [9.17, 15) is 19.5 Å². The van der Waals surface area contributed by atoms with Gasteiger partial charge in [-0.3, -0.25) is 19.3 Å². The molecule has 7 heteroatoms. The van der Waals surface area contributed by atoms with Gasteiger partial charge in [0.2, 0.25) is 17.7 Å². The van der Waals surface area contributed by atoms with Crippen molar-refractivity contribution in [2.24, 2.45) is 0 Å². The highest BCUT2D eigenvalue weighted by molar-refractivity contribution is 7.09. The van der Waals surface area contributed by atoms with E-state index >= 15 is 0 Å². The molecule has 2 unspecified atom stereocenters. The fraction of sp³-hybridized carbons (Fsp3) is 0.435. The van der Waals surface area contributed by atoms with Gasteiger partial charge in [0.1, 0.15) is 0 Å². The number of thiophene rings is 1. The smallest absolute Gasteiger partial charge is 0.241 e. The van der Waals surface area contributed by atoms with Crippen LogP contribution in [0.4, 0.5) is 0 Å². The van der Waals surface area contributed by atoms with Gasteiger partial charge in [-0.1, -0.05) is 36.4 Å². The Kier molecular flexibility index (Phi) is 6.01. The highest BCUT2D eigenvalue weighted by atomic mass is 32.1. The van der Waals surface area contributed by atoms with E-state index in [1.165, 1.54) is 16.2 Å². The lowest BCUT2D eigenvalue weighted by atomic mass is 9.75. The van der Waals surface area contributed by atoms with Crippen molar-refractivity contribution in [3.8, 4) is 0 Å². The van der Waals surface area contributed by atoms with Crippen molar-refractivity contribution in [3.63, 3.8) is 0 Å². The number of benzene rings is 1. The second-order valence-electron chi connectivity index (χ2n) is 8.09. The van der Waals surface area contributed by atoms with Crippen LogP contribution in [0, 0.1) is 0 Å². The van der Waals surface area contributed by atoms with Gasteiger partial charge < -0.3 is 10.0 Å². The van der Waals surface area contributed by atoms with E-state index in [1.54, 1.807) is 4.90 Å². The number of imide groups is 1. The van der Waals surface area contributed by atoms with Gasteiger partial charge in [0.25, 0.3) is 0 Å². The average molecular weight is 427 g/mol. The zero-order valence-corrected chi connectivity index (χ0v) is 17.6. The fourth-order valence-corrected chi connectivity index (χ4v) is 5.31. The van der Waals surface area contributed by atoms with E-state index in [4.69, 9.17) is 0 Å². The Balaban J connectivity index is 1.65. The zero-order chi connectivity index (χ0) is 21.1. The van der Waals surface area contributed by atoms with E-state index in [2.05, 4.69) is 0 Å². The summed E-state index contributed by atoms with van der Waals surface area (Å²) in [5.41, 5.74) is -0.493. The molecule has 2 aliphatic heterocycles. The standard InChI is InChI=1S/C23H26N2O4S/c26-16-18-9-4-5-11-24(18)20(27)13-23(17-7-2-1-3-8-17)14-21(28)25(22(23)29)15-19-10-6-12-30-19/h1-3,6-8,10,12,18,26H,4-5,9,11,13-16H2. The lowest BCUT2D eigenvalue weighted by Gasteiger charge is -2.37. The Bertz CT molecular complexity index is 915. The number of carbonyl (C=O) groups is 3. The normalized spacial score (nSPS) is 24.5. The summed E-state index contributed by atoms with van der Waals surface area (Å²) in [6.07, 6.45) is 2.56. The van der Waals surface area contributed by atoms with Crippen LogP contribution in [0.1, 0.15) is 42.5 Å². The van der Waals surface area contributed by atoms with Crippen LogP contribution < -0.4 is 0 Å². The van der Waals surface area contributed by atoms with Gasteiger partial charge in [0, 0.05) is 24.3 Å². The minimum Gasteiger partial charge on any atom is -0.394 e. The molecular formula is C23H26N2O4S. The maximum atomic E-state index is 13.6. The molecule has 2 atom stereocenters. The number of rotatable bonds is 6. The van der Waals surface area contributed by atoms with Crippen molar-refractivity contribution in [3.05, 3.63) is 58.3 Å². The number of hydrogen-bond donors (Lipinski definition) is 1. The van der Waals surface area contributed by atoms with E-state index in [0.29, 0.717) is 12.1 Å². The van der Waals surface area contributed by atoms with Crippen molar-refractivity contribution in [2.75, 3.05) is 13.2 Å². The third kappa shape index (κ3) is 3.79. The van der Waals surface area contributed by atoms with Gasteiger partial charge in [-0.05, 0) is 36.3 Å². The molecule has 2 fully saturated rings. The third-order valence-corrected chi connectivity index (χ3v) is 7.10. The van der Waals surface area contributed by atoms with Crippen LogP contribution in [0.25, 0.3) is 0 Å². The Morgan fingerprint density at radius 3 is 2.63 bits per heavy atom. The topological polar surface area (TPSA) is 77.9 Å². The SMILES string of the molecule is O=C1CC(CC(=O)N2CCCCC2CO)(c2ccccc2)C(=O)N1Cc1cccs1. The number of amides is 3. The van der Waals surface area contributed by atoms with Gasteiger partial charge >= 0.3 is 0 Å². The van der Waals surface area contributed by atoms with E-state index < -0.39 is 5.41 Å². The van der Waals surface area contributed by atoms with Crippen molar-refractivity contribution >= 4 is 29.1 Å². The molecule has 1 aromatic heterocycles. The van der Waals surface area contributed by atoms with Crippen LogP contribution in [0.15, 0.2) is 47.8 Å². The Hall–Kier alpha value is -2.51. The predicted octanol–water partition coefficient (Wildman–Crippen LogP) is 2.71. The highest BCUT2D eigenvalue weighted by Crippen LogP contribution is 2.41. The molecule has 4 rings (SSSR count). The van der Waals surface area contributed by atoms with Gasteiger partial charge in [0.15, 0.2) is 0 Å². The maximum Gasteiger partial charge on any atom is 0.241 e. The van der Waals surface area contributed by atoms with Crippen LogP contribution in [0.5, 0.6) is 0 Å². The molecule has 1 N–H and O–H groups in total. The fourth-order valence-electron chi connectivity index (χ4n) is 4.62. The summed E-state index contributed by atoms with van der Waals surface area (Å²) in [7, 11) is 0.